The maximum atomic E-state index is 12.2. The van der Waals surface area contributed by atoms with Gasteiger partial charge in [-0.3, -0.25) is 4.79 Å². The molecule has 6 nitrogen and oxygen atoms in total. The van der Waals surface area contributed by atoms with E-state index in [0.717, 1.165) is 0 Å². The molecule has 0 aromatic rings. The predicted octanol–water partition coefficient (Wildman–Crippen LogP) is 2.22. The smallest absolute Gasteiger partial charge is 0.407 e. The van der Waals surface area contributed by atoms with Crippen molar-refractivity contribution >= 4 is 12.1 Å². The van der Waals surface area contributed by atoms with Crippen molar-refractivity contribution in [2.75, 3.05) is 7.11 Å². The van der Waals surface area contributed by atoms with Crippen molar-refractivity contribution in [3.8, 4) is 0 Å². The molecule has 0 spiro atoms. The van der Waals surface area contributed by atoms with E-state index in [1.807, 2.05) is 27.7 Å². The molecule has 132 valence electrons. The normalized spacial score (nSPS) is 29.0. The molecule has 2 rings (SSSR count). The molecule has 2 bridgehead atoms. The van der Waals surface area contributed by atoms with Gasteiger partial charge in [0.15, 0.2) is 0 Å². The average Bonchev–Trinajstić information content (AvgIpc) is 3.03. The summed E-state index contributed by atoms with van der Waals surface area (Å²) in [5.41, 5.74) is -0.559. The fourth-order valence-electron chi connectivity index (χ4n) is 3.76. The van der Waals surface area contributed by atoms with Crippen LogP contribution in [0.25, 0.3) is 0 Å². The first-order valence-corrected chi connectivity index (χ1v) is 8.53. The lowest BCUT2D eigenvalue weighted by molar-refractivity contribution is -0.146. The molecule has 2 N–H and O–H groups in total. The lowest BCUT2D eigenvalue weighted by Crippen LogP contribution is -2.47. The predicted molar refractivity (Wildman–Crippen MR) is 87.0 cm³/mol. The summed E-state index contributed by atoms with van der Waals surface area (Å²) in [7, 11) is 1.39. The fourth-order valence-corrected chi connectivity index (χ4v) is 3.76. The van der Waals surface area contributed by atoms with Gasteiger partial charge in [-0.25, -0.2) is 4.79 Å². The molecule has 0 aromatic carbocycles. The molecule has 1 saturated heterocycles. The SMILES string of the molecule is COC(=O)C(CC1N[C@@H]2CC[C@H]1C2)[C@@H](C)NC(=O)OC(C)(C)C. The van der Waals surface area contributed by atoms with E-state index in [4.69, 9.17) is 9.47 Å². The maximum Gasteiger partial charge on any atom is 0.407 e. The Hall–Kier alpha value is -1.30. The van der Waals surface area contributed by atoms with Gasteiger partial charge in [0.1, 0.15) is 5.60 Å². The monoisotopic (exact) mass is 326 g/mol. The molecule has 1 aliphatic heterocycles. The number of rotatable bonds is 5. The van der Waals surface area contributed by atoms with Crippen LogP contribution in [0.1, 0.15) is 53.4 Å². The molecular weight excluding hydrogens is 296 g/mol. The van der Waals surface area contributed by atoms with Gasteiger partial charge in [0, 0.05) is 18.1 Å². The van der Waals surface area contributed by atoms with Gasteiger partial charge < -0.3 is 20.1 Å². The number of fused-ring (bicyclic) bond motifs is 2. The molecule has 1 aliphatic carbocycles. The molecule has 1 saturated carbocycles. The third-order valence-electron chi connectivity index (χ3n) is 4.85. The van der Waals surface area contributed by atoms with Crippen LogP contribution in [0.2, 0.25) is 0 Å². The van der Waals surface area contributed by atoms with Crippen molar-refractivity contribution < 1.29 is 19.1 Å². The summed E-state index contributed by atoms with van der Waals surface area (Å²) in [4.78, 5) is 24.1. The van der Waals surface area contributed by atoms with Crippen LogP contribution in [0.5, 0.6) is 0 Å². The number of alkyl carbamates (subject to hydrolysis) is 1. The van der Waals surface area contributed by atoms with Gasteiger partial charge in [-0.05, 0) is 59.3 Å². The van der Waals surface area contributed by atoms with Crippen LogP contribution < -0.4 is 10.6 Å². The molecule has 2 aliphatic rings. The minimum absolute atomic E-state index is 0.280. The number of nitrogens with one attached hydrogen (secondary N) is 2. The molecule has 23 heavy (non-hydrogen) atoms. The second-order valence-electron chi connectivity index (χ2n) is 7.84. The minimum atomic E-state index is -0.559. The first kappa shape index (κ1) is 18.0. The molecule has 0 aromatic heterocycles. The Bertz CT molecular complexity index is 446. The third kappa shape index (κ3) is 4.83. The number of hydrogen-bond donors (Lipinski definition) is 2. The molecule has 0 radical (unpaired) electrons. The first-order chi connectivity index (χ1) is 10.7. The second-order valence-corrected chi connectivity index (χ2v) is 7.84. The lowest BCUT2D eigenvalue weighted by Gasteiger charge is -2.30. The van der Waals surface area contributed by atoms with E-state index in [-0.39, 0.29) is 17.9 Å². The number of hydrogen-bond acceptors (Lipinski definition) is 5. The summed E-state index contributed by atoms with van der Waals surface area (Å²) < 4.78 is 10.2. The van der Waals surface area contributed by atoms with Crippen molar-refractivity contribution in [3.63, 3.8) is 0 Å². The molecule has 2 fully saturated rings. The topological polar surface area (TPSA) is 76.7 Å². The van der Waals surface area contributed by atoms with E-state index >= 15 is 0 Å². The van der Waals surface area contributed by atoms with Crippen LogP contribution in [0.15, 0.2) is 0 Å². The van der Waals surface area contributed by atoms with Crippen molar-refractivity contribution in [2.45, 2.75) is 77.1 Å². The summed E-state index contributed by atoms with van der Waals surface area (Å²) in [5.74, 6) is -0.0108. The fraction of sp³-hybridized carbons (Fsp3) is 0.882. The van der Waals surface area contributed by atoms with E-state index in [2.05, 4.69) is 10.6 Å². The quantitative estimate of drug-likeness (QED) is 0.758. The highest BCUT2D eigenvalue weighted by atomic mass is 16.6. The minimum Gasteiger partial charge on any atom is -0.469 e. The van der Waals surface area contributed by atoms with Gasteiger partial charge in [0.25, 0.3) is 0 Å². The Balaban J connectivity index is 1.94. The Kier molecular flexibility index (Phi) is 5.55. The number of carbonyl (C=O) groups is 2. The highest BCUT2D eigenvalue weighted by Crippen LogP contribution is 2.38. The van der Waals surface area contributed by atoms with Gasteiger partial charge in [-0.15, -0.1) is 0 Å². The van der Waals surface area contributed by atoms with Crippen molar-refractivity contribution in [3.05, 3.63) is 0 Å². The average molecular weight is 326 g/mol. The molecule has 2 unspecified atom stereocenters. The van der Waals surface area contributed by atoms with E-state index in [1.165, 1.54) is 26.4 Å². The van der Waals surface area contributed by atoms with Gasteiger partial charge in [-0.2, -0.15) is 0 Å². The number of ether oxygens (including phenoxy) is 2. The second kappa shape index (κ2) is 7.07. The highest BCUT2D eigenvalue weighted by molar-refractivity contribution is 5.75. The highest BCUT2D eigenvalue weighted by Gasteiger charge is 2.42. The van der Waals surface area contributed by atoms with Crippen molar-refractivity contribution in [1.29, 1.82) is 0 Å². The van der Waals surface area contributed by atoms with Crippen LogP contribution in [-0.4, -0.2) is 42.9 Å². The summed E-state index contributed by atoms with van der Waals surface area (Å²) in [6, 6.07) is 0.594. The summed E-state index contributed by atoms with van der Waals surface area (Å²) >= 11 is 0. The van der Waals surface area contributed by atoms with E-state index in [9.17, 15) is 9.59 Å². The van der Waals surface area contributed by atoms with Crippen LogP contribution >= 0.6 is 0 Å². The van der Waals surface area contributed by atoms with Gasteiger partial charge in [0.05, 0.1) is 13.0 Å². The zero-order valence-electron chi connectivity index (χ0n) is 14.8. The van der Waals surface area contributed by atoms with E-state index in [1.54, 1.807) is 0 Å². The van der Waals surface area contributed by atoms with Crippen LogP contribution in [-0.2, 0) is 14.3 Å². The zero-order chi connectivity index (χ0) is 17.2. The molecule has 1 heterocycles. The standard InChI is InChI=1S/C17H30N2O4/c1-10(18-16(21)23-17(2,3)4)13(15(20)22-5)9-14-11-6-7-12(8-11)19-14/h10-14,19H,6-9H2,1-5H3,(H,18,21)/t10-,11+,12-,13?,14?/m1/s1. The maximum absolute atomic E-state index is 12.2. The van der Waals surface area contributed by atoms with Crippen LogP contribution in [0.3, 0.4) is 0 Å². The number of carbonyl (C=O) groups excluding carboxylic acids is 2. The Labute approximate surface area is 138 Å². The van der Waals surface area contributed by atoms with Crippen molar-refractivity contribution in [1.82, 2.24) is 10.6 Å². The molecule has 5 atom stereocenters. The molecule has 1 amide bonds. The van der Waals surface area contributed by atoms with Crippen LogP contribution in [0, 0.1) is 11.8 Å². The Morgan fingerprint density at radius 1 is 1.30 bits per heavy atom. The van der Waals surface area contributed by atoms with Gasteiger partial charge in [-0.1, -0.05) is 0 Å². The van der Waals surface area contributed by atoms with Crippen LogP contribution in [0.4, 0.5) is 4.79 Å². The summed E-state index contributed by atoms with van der Waals surface area (Å²) in [6.07, 6.45) is 3.84. The van der Waals surface area contributed by atoms with Gasteiger partial charge >= 0.3 is 12.1 Å². The Morgan fingerprint density at radius 3 is 2.48 bits per heavy atom. The zero-order valence-corrected chi connectivity index (χ0v) is 14.8. The van der Waals surface area contributed by atoms with E-state index in [0.29, 0.717) is 24.4 Å². The Morgan fingerprint density at radius 2 is 2.00 bits per heavy atom. The third-order valence-corrected chi connectivity index (χ3v) is 4.85. The van der Waals surface area contributed by atoms with Gasteiger partial charge in [0.2, 0.25) is 0 Å². The number of amides is 1. The van der Waals surface area contributed by atoms with E-state index < -0.39 is 11.7 Å². The number of methoxy groups -OCH3 is 1. The van der Waals surface area contributed by atoms with Crippen molar-refractivity contribution in [2.24, 2.45) is 11.8 Å². The molecule has 6 heteroatoms. The number of piperidine rings is 1. The summed E-state index contributed by atoms with van der Waals surface area (Å²) in [6.45, 7) is 7.27. The largest absolute Gasteiger partial charge is 0.469 e. The first-order valence-electron chi connectivity index (χ1n) is 8.53. The number of esters is 1. The molecular formula is C17H30N2O4. The lowest BCUT2D eigenvalue weighted by atomic mass is 9.87. The summed E-state index contributed by atoms with van der Waals surface area (Å²) in [5, 5.41) is 6.37.